The lowest BCUT2D eigenvalue weighted by atomic mass is 10.2. The Hall–Kier alpha value is -0.630. The predicted octanol–water partition coefficient (Wildman–Crippen LogP) is 0.124. The maximum Gasteiger partial charge on any atom is 0.183 e. The molecule has 0 fully saturated rings. The fourth-order valence-electron chi connectivity index (χ4n) is 0.0954. The second-order valence-electron chi connectivity index (χ2n) is 1.06. The van der Waals surface area contributed by atoms with Crippen LogP contribution in [0.3, 0.4) is 0 Å². The SMILES string of the molecule is [3H]CC(C(=O)CO)=C([3H])[3H]. The van der Waals surface area contributed by atoms with Crippen LogP contribution in [0.1, 0.15) is 11.0 Å². The van der Waals surface area contributed by atoms with Gasteiger partial charge in [0.05, 0.1) is 2.74 Å². The van der Waals surface area contributed by atoms with Crippen molar-refractivity contribution in [2.75, 3.05) is 6.61 Å². The topological polar surface area (TPSA) is 37.3 Å². The molecule has 0 rings (SSSR count). The number of hydrogen-bond acceptors (Lipinski definition) is 2. The zero-order valence-electron chi connectivity index (χ0n) is 6.77. The number of carbonyl (C=O) groups excluding carboxylic acids is 1. The van der Waals surface area contributed by atoms with Gasteiger partial charge in [0.2, 0.25) is 0 Å². The van der Waals surface area contributed by atoms with E-state index in [4.69, 9.17) is 9.22 Å². The maximum atomic E-state index is 10.5. The maximum absolute atomic E-state index is 10.5. The molecule has 2 nitrogen and oxygen atoms in total. The summed E-state index contributed by atoms with van der Waals surface area (Å²) in [5.41, 5.74) is -0.248. The lowest BCUT2D eigenvalue weighted by Gasteiger charge is -1.87. The van der Waals surface area contributed by atoms with Gasteiger partial charge in [0.1, 0.15) is 6.61 Å². The van der Waals surface area contributed by atoms with Gasteiger partial charge in [-0.1, -0.05) is 6.53 Å². The van der Waals surface area contributed by atoms with Crippen LogP contribution in [-0.2, 0) is 4.79 Å². The Bertz CT molecular complexity index is 160. The summed E-state index contributed by atoms with van der Waals surface area (Å²) in [5, 5.41) is 8.25. The van der Waals surface area contributed by atoms with Crippen molar-refractivity contribution in [3.8, 4) is 0 Å². The van der Waals surface area contributed by atoms with E-state index in [-0.39, 0.29) is 5.57 Å². The summed E-state index contributed by atoms with van der Waals surface area (Å²) in [5.74, 6) is -0.713. The summed E-state index contributed by atoms with van der Waals surface area (Å²) in [6.07, 6.45) is 0. The molecule has 40 valence electrons. The second-order valence-corrected chi connectivity index (χ2v) is 1.06. The molecule has 0 unspecified atom stereocenters. The smallest absolute Gasteiger partial charge is 0.183 e. The van der Waals surface area contributed by atoms with Crippen LogP contribution in [0.5, 0.6) is 0 Å². The Morgan fingerprint density at radius 2 is 3.00 bits per heavy atom. The molecule has 0 amide bonds. The van der Waals surface area contributed by atoms with E-state index >= 15 is 0 Å². The molecule has 7 heavy (non-hydrogen) atoms. The highest BCUT2D eigenvalue weighted by molar-refractivity contribution is 5.94. The van der Waals surface area contributed by atoms with Crippen LogP contribution < -0.4 is 0 Å². The highest BCUT2D eigenvalue weighted by Crippen LogP contribution is 1.85. The summed E-state index contributed by atoms with van der Waals surface area (Å²) < 4.78 is 20.0. The average Bonchev–Trinajstić information content (AvgIpc) is 1.88. The second kappa shape index (κ2) is 2.53. The van der Waals surface area contributed by atoms with Crippen molar-refractivity contribution in [3.05, 3.63) is 12.1 Å². The molecular formula is C5H8O2. The van der Waals surface area contributed by atoms with Gasteiger partial charge in [-0.25, -0.2) is 0 Å². The van der Waals surface area contributed by atoms with Gasteiger partial charge in [0.15, 0.2) is 5.78 Å². The minimum atomic E-state index is -0.727. The molecule has 0 aliphatic carbocycles. The summed E-state index contributed by atoms with van der Waals surface area (Å²) in [6.45, 7) is -1.83. The van der Waals surface area contributed by atoms with E-state index < -0.39 is 25.8 Å². The summed E-state index contributed by atoms with van der Waals surface area (Å²) in [7, 11) is 0. The van der Waals surface area contributed by atoms with Crippen molar-refractivity contribution >= 4 is 5.78 Å². The summed E-state index contributed by atoms with van der Waals surface area (Å²) >= 11 is 0. The molecule has 0 aromatic carbocycles. The lowest BCUT2D eigenvalue weighted by Crippen LogP contribution is -2.02. The van der Waals surface area contributed by atoms with Crippen LogP contribution in [0.4, 0.5) is 0 Å². The van der Waals surface area contributed by atoms with E-state index in [0.29, 0.717) is 0 Å². The number of Topliss-reactive ketones (excluding diaryl/α,β-unsaturated/α-hetero) is 1. The summed E-state index contributed by atoms with van der Waals surface area (Å²) in [6, 6.07) is 0. The van der Waals surface area contributed by atoms with Crippen molar-refractivity contribution in [2.24, 2.45) is 0 Å². The Labute approximate surface area is 46.7 Å². The van der Waals surface area contributed by atoms with Gasteiger partial charge in [-0.2, -0.15) is 0 Å². The molecular weight excluding hydrogens is 92.1 g/mol. The van der Waals surface area contributed by atoms with Gasteiger partial charge in [0.25, 0.3) is 0 Å². The fraction of sp³-hybridized carbons (Fsp3) is 0.400. The minimum Gasteiger partial charge on any atom is -0.388 e. The van der Waals surface area contributed by atoms with E-state index in [2.05, 4.69) is 0 Å². The molecule has 0 bridgehead atoms. The number of hydrogen-bond donors (Lipinski definition) is 1. The average molecular weight is 106 g/mol. The standard InChI is InChI=1S/C5H8O2/c1-4(2)5(7)3-6/h6H,1,3H2,2H3/i1T2,2T. The zero-order chi connectivity index (χ0) is 8.15. The van der Waals surface area contributed by atoms with Gasteiger partial charge in [0, 0.05) is 1.37 Å². The number of aliphatic hydroxyl groups excluding tert-OH is 1. The van der Waals surface area contributed by atoms with Crippen LogP contribution >= 0.6 is 0 Å². The first-order chi connectivity index (χ1) is 4.63. The van der Waals surface area contributed by atoms with Crippen LogP contribution in [0.25, 0.3) is 0 Å². The molecule has 0 atom stereocenters. The van der Waals surface area contributed by atoms with E-state index in [1.54, 1.807) is 0 Å². The van der Waals surface area contributed by atoms with Crippen LogP contribution in [-0.4, -0.2) is 17.5 Å². The highest BCUT2D eigenvalue weighted by atomic mass is 16.3. The number of rotatable bonds is 2. The van der Waals surface area contributed by atoms with Gasteiger partial charge >= 0.3 is 0 Å². The zero-order valence-corrected chi connectivity index (χ0v) is 3.77. The van der Waals surface area contributed by atoms with Gasteiger partial charge in [-0.05, 0) is 12.5 Å². The third kappa shape index (κ3) is 2.11. The largest absolute Gasteiger partial charge is 0.388 e. The van der Waals surface area contributed by atoms with Crippen LogP contribution in [0.15, 0.2) is 12.1 Å². The first-order valence-corrected chi connectivity index (χ1v) is 1.73. The molecule has 0 aliphatic rings. The molecule has 0 radical (unpaired) electrons. The van der Waals surface area contributed by atoms with Crippen molar-refractivity contribution < 1.29 is 14.0 Å². The fourth-order valence-corrected chi connectivity index (χ4v) is 0.0954. The Morgan fingerprint density at radius 1 is 2.29 bits per heavy atom. The third-order valence-corrected chi connectivity index (χ3v) is 0.480. The number of carbonyl (C=O) groups is 1. The van der Waals surface area contributed by atoms with Crippen molar-refractivity contribution in [1.82, 2.24) is 0 Å². The van der Waals surface area contributed by atoms with Crippen molar-refractivity contribution in [1.29, 1.82) is 0 Å². The molecule has 0 saturated carbocycles. The normalized spacial score (nSPS) is 13.6. The van der Waals surface area contributed by atoms with E-state index in [1.807, 2.05) is 0 Å². The van der Waals surface area contributed by atoms with Gasteiger partial charge in [-0.3, -0.25) is 4.79 Å². The van der Waals surface area contributed by atoms with Crippen molar-refractivity contribution in [3.63, 3.8) is 0 Å². The molecule has 0 aromatic rings. The monoisotopic (exact) mass is 106 g/mol. The van der Waals surface area contributed by atoms with E-state index in [9.17, 15) is 4.79 Å². The number of aliphatic hydroxyl groups is 1. The lowest BCUT2D eigenvalue weighted by molar-refractivity contribution is -0.118. The molecule has 0 heterocycles. The van der Waals surface area contributed by atoms with Crippen LogP contribution in [0.2, 0.25) is 0 Å². The first-order valence-electron chi connectivity index (χ1n) is 3.43. The third-order valence-electron chi connectivity index (χ3n) is 0.480. The van der Waals surface area contributed by atoms with E-state index in [1.165, 1.54) is 0 Å². The number of ketones is 1. The Balaban J connectivity index is 4.37. The predicted molar refractivity (Wildman–Crippen MR) is 26.9 cm³/mol. The Morgan fingerprint density at radius 3 is 3.14 bits per heavy atom. The molecule has 0 saturated heterocycles. The molecule has 0 aliphatic heterocycles. The quantitative estimate of drug-likeness (QED) is 0.508. The van der Waals surface area contributed by atoms with E-state index in [0.717, 1.165) is 0 Å². The highest BCUT2D eigenvalue weighted by Gasteiger charge is 1.95. The van der Waals surface area contributed by atoms with Gasteiger partial charge < -0.3 is 5.11 Å². The molecule has 1 N–H and O–H groups in total. The Kier molecular flexibility index (Phi) is 0.947. The summed E-state index contributed by atoms with van der Waals surface area (Å²) in [4.78, 5) is 10.5. The minimum absolute atomic E-state index is 0.248. The van der Waals surface area contributed by atoms with Crippen molar-refractivity contribution in [2.45, 2.75) is 6.90 Å². The van der Waals surface area contributed by atoms with Gasteiger partial charge in [-0.15, -0.1) is 0 Å². The molecule has 0 aromatic heterocycles. The first kappa shape index (κ1) is 2.62. The molecule has 2 heteroatoms. The molecule has 0 spiro atoms. The van der Waals surface area contributed by atoms with Crippen LogP contribution in [0, 0.1) is 0 Å².